The molecule has 0 spiro atoms. The number of carbonyl (C=O) groups is 1. The summed E-state index contributed by atoms with van der Waals surface area (Å²) >= 11 is 0. The number of benzene rings is 1. The molecule has 0 bridgehead atoms. The van der Waals surface area contributed by atoms with Gasteiger partial charge < -0.3 is 10.6 Å². The van der Waals surface area contributed by atoms with Crippen LogP contribution in [0.15, 0.2) is 24.3 Å². The Morgan fingerprint density at radius 3 is 2.53 bits per heavy atom. The summed E-state index contributed by atoms with van der Waals surface area (Å²) < 4.78 is 0. The highest BCUT2D eigenvalue weighted by atomic mass is 16.2. The summed E-state index contributed by atoms with van der Waals surface area (Å²) in [5.74, 6) is 0.183. The lowest BCUT2D eigenvalue weighted by Crippen LogP contribution is -2.45. The second-order valence-corrected chi connectivity index (χ2v) is 4.60. The summed E-state index contributed by atoms with van der Waals surface area (Å²) in [7, 11) is 1.78. The molecule has 0 aromatic heterocycles. The molecule has 0 aliphatic carbocycles. The number of nitrogens with two attached hydrogens (primary N) is 1. The Hall–Kier alpha value is -1.35. The largest absolute Gasteiger partial charge is 0.320 e. The van der Waals surface area contributed by atoms with Gasteiger partial charge in [0.2, 0.25) is 5.91 Å². The van der Waals surface area contributed by atoms with E-state index in [1.165, 1.54) is 0 Å². The Bertz CT molecular complexity index is 390. The average Bonchev–Trinajstić information content (AvgIpc) is 2.35. The first-order chi connectivity index (χ1) is 7.99. The first-order valence-electron chi connectivity index (χ1n) is 6.07. The van der Waals surface area contributed by atoms with Crippen LogP contribution >= 0.6 is 0 Å². The Labute approximate surface area is 104 Å². The molecule has 2 N–H and O–H groups in total. The zero-order valence-electron chi connectivity index (χ0n) is 11.1. The van der Waals surface area contributed by atoms with Crippen LogP contribution in [0.25, 0.3) is 0 Å². The number of hydrogen-bond acceptors (Lipinski definition) is 2. The van der Waals surface area contributed by atoms with Gasteiger partial charge in [-0.25, -0.2) is 0 Å². The quantitative estimate of drug-likeness (QED) is 0.869. The molecular weight excluding hydrogens is 212 g/mol. The minimum atomic E-state index is -0.426. The van der Waals surface area contributed by atoms with Crippen LogP contribution in [0, 0.1) is 12.8 Å². The highest BCUT2D eigenvalue weighted by Crippen LogP contribution is 2.19. The van der Waals surface area contributed by atoms with Crippen LogP contribution in [0.2, 0.25) is 0 Å². The molecule has 0 saturated carbocycles. The van der Waals surface area contributed by atoms with Crippen molar-refractivity contribution in [3.8, 4) is 0 Å². The van der Waals surface area contributed by atoms with Crippen molar-refractivity contribution in [3.05, 3.63) is 29.8 Å². The van der Waals surface area contributed by atoms with E-state index >= 15 is 0 Å². The molecule has 0 fully saturated rings. The standard InChI is InChI=1S/C14H22N2O/c1-5-10(2)13(15)14(17)16(4)12-9-7-6-8-11(12)3/h6-10,13H,5,15H2,1-4H3/t10?,13-/m0/s1. The van der Waals surface area contributed by atoms with E-state index in [-0.39, 0.29) is 11.8 Å². The van der Waals surface area contributed by atoms with Gasteiger partial charge in [0.1, 0.15) is 0 Å². The van der Waals surface area contributed by atoms with Crippen molar-refractivity contribution in [2.75, 3.05) is 11.9 Å². The molecule has 1 amide bonds. The van der Waals surface area contributed by atoms with Gasteiger partial charge in [0.05, 0.1) is 6.04 Å². The minimum absolute atomic E-state index is 0.0198. The van der Waals surface area contributed by atoms with Gasteiger partial charge in [0.25, 0.3) is 0 Å². The SMILES string of the molecule is CCC(C)[C@H](N)C(=O)N(C)c1ccccc1C. The molecule has 0 heterocycles. The third kappa shape index (κ3) is 3.07. The van der Waals surface area contributed by atoms with E-state index in [0.717, 1.165) is 17.7 Å². The van der Waals surface area contributed by atoms with E-state index in [1.54, 1.807) is 11.9 Å². The fraction of sp³-hybridized carbons (Fsp3) is 0.500. The molecule has 3 heteroatoms. The van der Waals surface area contributed by atoms with Crippen molar-refractivity contribution in [1.29, 1.82) is 0 Å². The van der Waals surface area contributed by atoms with E-state index < -0.39 is 6.04 Å². The van der Waals surface area contributed by atoms with Gasteiger partial charge in [-0.05, 0) is 24.5 Å². The number of rotatable bonds is 4. The van der Waals surface area contributed by atoms with Crippen molar-refractivity contribution >= 4 is 11.6 Å². The second kappa shape index (κ2) is 5.82. The normalized spacial score (nSPS) is 14.2. The summed E-state index contributed by atoms with van der Waals surface area (Å²) in [5.41, 5.74) is 7.98. The highest BCUT2D eigenvalue weighted by molar-refractivity contribution is 5.97. The zero-order chi connectivity index (χ0) is 13.0. The number of hydrogen-bond donors (Lipinski definition) is 1. The van der Waals surface area contributed by atoms with Crippen LogP contribution in [0.5, 0.6) is 0 Å². The number of aryl methyl sites for hydroxylation is 1. The summed E-state index contributed by atoms with van der Waals surface area (Å²) in [6.07, 6.45) is 0.911. The first-order valence-corrected chi connectivity index (χ1v) is 6.07. The average molecular weight is 234 g/mol. The molecule has 0 aliphatic heterocycles. The van der Waals surface area contributed by atoms with E-state index in [2.05, 4.69) is 0 Å². The predicted molar refractivity (Wildman–Crippen MR) is 72.0 cm³/mol. The van der Waals surface area contributed by atoms with Crippen LogP contribution in [0.4, 0.5) is 5.69 Å². The van der Waals surface area contributed by atoms with E-state index in [9.17, 15) is 4.79 Å². The molecule has 2 atom stereocenters. The van der Waals surface area contributed by atoms with Crippen molar-refractivity contribution in [2.45, 2.75) is 33.2 Å². The third-order valence-electron chi connectivity index (χ3n) is 3.35. The number of likely N-dealkylation sites (N-methyl/N-ethyl adjacent to an activating group) is 1. The van der Waals surface area contributed by atoms with Crippen molar-refractivity contribution in [3.63, 3.8) is 0 Å². The molecule has 3 nitrogen and oxygen atoms in total. The zero-order valence-corrected chi connectivity index (χ0v) is 11.1. The van der Waals surface area contributed by atoms with Crippen LogP contribution in [-0.2, 0) is 4.79 Å². The molecule has 94 valence electrons. The first kappa shape index (κ1) is 13.7. The molecule has 1 rings (SSSR count). The van der Waals surface area contributed by atoms with E-state index in [1.807, 2.05) is 45.0 Å². The highest BCUT2D eigenvalue weighted by Gasteiger charge is 2.24. The maximum absolute atomic E-state index is 12.2. The lowest BCUT2D eigenvalue weighted by atomic mass is 9.98. The van der Waals surface area contributed by atoms with Gasteiger partial charge in [-0.2, -0.15) is 0 Å². The predicted octanol–water partition coefficient (Wildman–Crippen LogP) is 2.33. The molecule has 0 radical (unpaired) electrons. The van der Waals surface area contributed by atoms with Gasteiger partial charge >= 0.3 is 0 Å². The molecule has 17 heavy (non-hydrogen) atoms. The van der Waals surface area contributed by atoms with E-state index in [4.69, 9.17) is 5.73 Å². The molecule has 1 aromatic rings. The van der Waals surface area contributed by atoms with Crippen LogP contribution in [-0.4, -0.2) is 19.0 Å². The van der Waals surface area contributed by atoms with Gasteiger partial charge in [0, 0.05) is 12.7 Å². The number of anilines is 1. The third-order valence-corrected chi connectivity index (χ3v) is 3.35. The fourth-order valence-corrected chi connectivity index (χ4v) is 1.78. The molecule has 0 aliphatic rings. The lowest BCUT2D eigenvalue weighted by Gasteiger charge is -2.25. The van der Waals surface area contributed by atoms with Gasteiger partial charge in [-0.1, -0.05) is 38.5 Å². The smallest absolute Gasteiger partial charge is 0.243 e. The Kier molecular flexibility index (Phi) is 4.70. The fourth-order valence-electron chi connectivity index (χ4n) is 1.78. The Morgan fingerprint density at radius 1 is 1.41 bits per heavy atom. The number of nitrogens with zero attached hydrogens (tertiary/aromatic N) is 1. The summed E-state index contributed by atoms with van der Waals surface area (Å²) in [6, 6.07) is 7.40. The van der Waals surface area contributed by atoms with E-state index in [0.29, 0.717) is 0 Å². The summed E-state index contributed by atoms with van der Waals surface area (Å²) in [5, 5.41) is 0. The second-order valence-electron chi connectivity index (χ2n) is 4.60. The monoisotopic (exact) mass is 234 g/mol. The molecule has 0 saturated heterocycles. The number of amides is 1. The Morgan fingerprint density at radius 2 is 2.00 bits per heavy atom. The van der Waals surface area contributed by atoms with Crippen LogP contribution in [0.1, 0.15) is 25.8 Å². The maximum atomic E-state index is 12.2. The van der Waals surface area contributed by atoms with Crippen molar-refractivity contribution < 1.29 is 4.79 Å². The minimum Gasteiger partial charge on any atom is -0.320 e. The molecule has 1 aromatic carbocycles. The lowest BCUT2D eigenvalue weighted by molar-refractivity contribution is -0.120. The maximum Gasteiger partial charge on any atom is 0.243 e. The van der Waals surface area contributed by atoms with Crippen molar-refractivity contribution in [2.24, 2.45) is 11.7 Å². The van der Waals surface area contributed by atoms with Crippen molar-refractivity contribution in [1.82, 2.24) is 0 Å². The molecule has 1 unspecified atom stereocenters. The Balaban J connectivity index is 2.87. The summed E-state index contributed by atoms with van der Waals surface area (Å²) in [6.45, 7) is 6.05. The topological polar surface area (TPSA) is 46.3 Å². The van der Waals surface area contributed by atoms with Gasteiger partial charge in [-0.3, -0.25) is 4.79 Å². The van der Waals surface area contributed by atoms with Crippen LogP contribution < -0.4 is 10.6 Å². The number of carbonyl (C=O) groups excluding carboxylic acids is 1. The number of para-hydroxylation sites is 1. The van der Waals surface area contributed by atoms with Crippen LogP contribution in [0.3, 0.4) is 0 Å². The molecular formula is C14H22N2O. The van der Waals surface area contributed by atoms with Gasteiger partial charge in [0.15, 0.2) is 0 Å². The summed E-state index contributed by atoms with van der Waals surface area (Å²) in [4.78, 5) is 13.9. The van der Waals surface area contributed by atoms with Gasteiger partial charge in [-0.15, -0.1) is 0 Å².